The van der Waals surface area contributed by atoms with Gasteiger partial charge in [0.2, 0.25) is 10.0 Å². The van der Waals surface area contributed by atoms with Gasteiger partial charge in [0.15, 0.2) is 0 Å². The van der Waals surface area contributed by atoms with E-state index in [4.69, 9.17) is 0 Å². The summed E-state index contributed by atoms with van der Waals surface area (Å²) >= 11 is 0. The predicted octanol–water partition coefficient (Wildman–Crippen LogP) is 2.26. The number of hydrogen-bond acceptors (Lipinski definition) is 3. The Morgan fingerprint density at radius 2 is 1.90 bits per heavy atom. The molecule has 0 saturated carbocycles. The lowest BCUT2D eigenvalue weighted by Crippen LogP contribution is -2.30. The van der Waals surface area contributed by atoms with Gasteiger partial charge in [0.1, 0.15) is 5.82 Å². The maximum atomic E-state index is 13.3. The molecule has 0 unspecified atom stereocenters. The fourth-order valence-electron chi connectivity index (χ4n) is 2.00. The van der Waals surface area contributed by atoms with Gasteiger partial charge < -0.3 is 5.32 Å². The van der Waals surface area contributed by atoms with E-state index in [1.165, 1.54) is 12.1 Å². The Labute approximate surface area is 120 Å². The Morgan fingerprint density at radius 3 is 2.45 bits per heavy atom. The van der Waals surface area contributed by atoms with Crippen molar-refractivity contribution in [2.24, 2.45) is 5.92 Å². The molecule has 0 aliphatic rings. The van der Waals surface area contributed by atoms with Crippen LogP contribution in [0.1, 0.15) is 32.3 Å². The molecular weight excluding hydrogens is 279 g/mol. The third-order valence-corrected chi connectivity index (χ3v) is 4.91. The Kier molecular flexibility index (Phi) is 6.58. The monoisotopic (exact) mass is 302 g/mol. The topological polar surface area (TPSA) is 58.2 Å². The van der Waals surface area contributed by atoms with E-state index in [0.29, 0.717) is 24.6 Å². The van der Waals surface area contributed by atoms with E-state index in [1.54, 1.807) is 7.05 Å². The average molecular weight is 302 g/mol. The molecule has 0 spiro atoms. The molecule has 1 rings (SSSR count). The fourth-order valence-corrected chi connectivity index (χ4v) is 3.36. The highest BCUT2D eigenvalue weighted by Crippen LogP contribution is 2.18. The molecule has 1 aromatic carbocycles. The van der Waals surface area contributed by atoms with Gasteiger partial charge in [-0.3, -0.25) is 0 Å². The standard InChI is InChI=1S/C14H23FN2O2S/c1-4-11(5-2)9-17-20(18,19)14-8-13(15)7-6-12(14)10-16-3/h6-8,11,16-17H,4-5,9-10H2,1-3H3. The SMILES string of the molecule is CCC(CC)CNS(=O)(=O)c1cc(F)ccc1CNC. The summed E-state index contributed by atoms with van der Waals surface area (Å²) < 4.78 is 40.5. The number of halogens is 1. The van der Waals surface area contributed by atoms with Gasteiger partial charge in [-0.05, 0) is 30.7 Å². The highest BCUT2D eigenvalue weighted by Gasteiger charge is 2.20. The van der Waals surface area contributed by atoms with Crippen LogP contribution in [-0.4, -0.2) is 22.0 Å². The molecule has 114 valence electrons. The molecule has 6 heteroatoms. The van der Waals surface area contributed by atoms with Crippen LogP contribution < -0.4 is 10.0 Å². The van der Waals surface area contributed by atoms with Crippen molar-refractivity contribution < 1.29 is 12.8 Å². The second-order valence-electron chi connectivity index (χ2n) is 4.82. The van der Waals surface area contributed by atoms with E-state index in [0.717, 1.165) is 18.9 Å². The minimum Gasteiger partial charge on any atom is -0.316 e. The molecular formula is C14H23FN2O2S. The van der Waals surface area contributed by atoms with E-state index in [9.17, 15) is 12.8 Å². The van der Waals surface area contributed by atoms with Gasteiger partial charge in [0.25, 0.3) is 0 Å². The Morgan fingerprint density at radius 1 is 1.25 bits per heavy atom. The number of benzene rings is 1. The van der Waals surface area contributed by atoms with Crippen LogP contribution in [-0.2, 0) is 16.6 Å². The van der Waals surface area contributed by atoms with Crippen LogP contribution in [0, 0.1) is 11.7 Å². The van der Waals surface area contributed by atoms with Crippen molar-refractivity contribution in [1.82, 2.24) is 10.0 Å². The quantitative estimate of drug-likeness (QED) is 0.774. The smallest absolute Gasteiger partial charge is 0.241 e. The zero-order chi connectivity index (χ0) is 15.2. The molecule has 1 aromatic rings. The van der Waals surface area contributed by atoms with Gasteiger partial charge in [-0.25, -0.2) is 17.5 Å². The third kappa shape index (κ3) is 4.54. The van der Waals surface area contributed by atoms with Crippen molar-refractivity contribution in [2.75, 3.05) is 13.6 Å². The largest absolute Gasteiger partial charge is 0.316 e. The van der Waals surface area contributed by atoms with Crippen LogP contribution in [0.2, 0.25) is 0 Å². The van der Waals surface area contributed by atoms with E-state index >= 15 is 0 Å². The van der Waals surface area contributed by atoms with E-state index < -0.39 is 15.8 Å². The first-order valence-corrected chi connectivity index (χ1v) is 8.35. The maximum Gasteiger partial charge on any atom is 0.241 e. The van der Waals surface area contributed by atoms with Crippen LogP contribution in [0.25, 0.3) is 0 Å². The van der Waals surface area contributed by atoms with E-state index in [1.807, 2.05) is 13.8 Å². The minimum absolute atomic E-state index is 0.0119. The van der Waals surface area contributed by atoms with Crippen LogP contribution in [0.3, 0.4) is 0 Å². The van der Waals surface area contributed by atoms with Gasteiger partial charge in [0.05, 0.1) is 4.90 Å². The summed E-state index contributed by atoms with van der Waals surface area (Å²) in [5.41, 5.74) is 0.561. The summed E-state index contributed by atoms with van der Waals surface area (Å²) in [6.07, 6.45) is 1.82. The second kappa shape index (κ2) is 7.71. The molecule has 0 aliphatic heterocycles. The second-order valence-corrected chi connectivity index (χ2v) is 6.55. The molecule has 0 fully saturated rings. The number of hydrogen-bond donors (Lipinski definition) is 2. The first kappa shape index (κ1) is 17.1. The van der Waals surface area contributed by atoms with Gasteiger partial charge in [-0.15, -0.1) is 0 Å². The number of rotatable bonds is 8. The molecule has 0 radical (unpaired) electrons. The third-order valence-electron chi connectivity index (χ3n) is 3.40. The highest BCUT2D eigenvalue weighted by atomic mass is 32.2. The van der Waals surface area contributed by atoms with Crippen molar-refractivity contribution in [3.8, 4) is 0 Å². The zero-order valence-corrected chi connectivity index (χ0v) is 13.1. The van der Waals surface area contributed by atoms with Crippen LogP contribution >= 0.6 is 0 Å². The lowest BCUT2D eigenvalue weighted by molar-refractivity contribution is 0.478. The predicted molar refractivity (Wildman–Crippen MR) is 78.4 cm³/mol. The summed E-state index contributed by atoms with van der Waals surface area (Å²) in [7, 11) is -1.96. The minimum atomic E-state index is -3.68. The van der Waals surface area contributed by atoms with Gasteiger partial charge in [-0.2, -0.15) is 0 Å². The summed E-state index contributed by atoms with van der Waals surface area (Å²) in [6, 6.07) is 3.84. The first-order chi connectivity index (χ1) is 9.44. The van der Waals surface area contributed by atoms with Crippen LogP contribution in [0.15, 0.2) is 23.1 Å². The van der Waals surface area contributed by atoms with Crippen molar-refractivity contribution in [2.45, 2.75) is 38.1 Å². The Balaban J connectivity index is 2.99. The Bertz CT molecular complexity index is 528. The molecule has 0 bridgehead atoms. The Hall–Kier alpha value is -0.980. The summed E-state index contributed by atoms with van der Waals surface area (Å²) in [4.78, 5) is 0.0119. The number of nitrogens with one attached hydrogen (secondary N) is 2. The highest BCUT2D eigenvalue weighted by molar-refractivity contribution is 7.89. The van der Waals surface area contributed by atoms with Crippen molar-refractivity contribution in [1.29, 1.82) is 0 Å². The normalized spacial score (nSPS) is 12.1. The number of sulfonamides is 1. The molecule has 0 aromatic heterocycles. The average Bonchev–Trinajstić information content (AvgIpc) is 2.42. The lowest BCUT2D eigenvalue weighted by atomic mass is 10.0. The van der Waals surface area contributed by atoms with E-state index in [2.05, 4.69) is 10.0 Å². The molecule has 4 nitrogen and oxygen atoms in total. The van der Waals surface area contributed by atoms with Crippen molar-refractivity contribution >= 4 is 10.0 Å². The van der Waals surface area contributed by atoms with Crippen LogP contribution in [0.4, 0.5) is 4.39 Å². The zero-order valence-electron chi connectivity index (χ0n) is 12.2. The van der Waals surface area contributed by atoms with Gasteiger partial charge in [-0.1, -0.05) is 32.8 Å². The van der Waals surface area contributed by atoms with Crippen molar-refractivity contribution in [3.63, 3.8) is 0 Å². The van der Waals surface area contributed by atoms with Gasteiger partial charge >= 0.3 is 0 Å². The molecule has 0 amide bonds. The molecule has 20 heavy (non-hydrogen) atoms. The lowest BCUT2D eigenvalue weighted by Gasteiger charge is -2.15. The summed E-state index contributed by atoms with van der Waals surface area (Å²) in [5.74, 6) is -0.251. The summed E-state index contributed by atoms with van der Waals surface area (Å²) in [5, 5.41) is 2.89. The molecule has 0 heterocycles. The molecule has 0 atom stereocenters. The van der Waals surface area contributed by atoms with E-state index in [-0.39, 0.29) is 4.90 Å². The molecule has 2 N–H and O–H groups in total. The molecule has 0 aliphatic carbocycles. The van der Waals surface area contributed by atoms with Gasteiger partial charge in [0, 0.05) is 13.1 Å². The maximum absolute atomic E-state index is 13.3. The molecule has 0 saturated heterocycles. The van der Waals surface area contributed by atoms with Crippen LogP contribution in [0.5, 0.6) is 0 Å². The summed E-state index contributed by atoms with van der Waals surface area (Å²) in [6.45, 7) is 4.81. The first-order valence-electron chi connectivity index (χ1n) is 6.87. The van der Waals surface area contributed by atoms with Crippen molar-refractivity contribution in [3.05, 3.63) is 29.6 Å². The fraction of sp³-hybridized carbons (Fsp3) is 0.571.